The highest BCUT2D eigenvalue weighted by Gasteiger charge is 2.25. The first-order chi connectivity index (χ1) is 17.0. The smallest absolute Gasteiger partial charge is 0.235 e. The van der Waals surface area contributed by atoms with E-state index in [2.05, 4.69) is 39.0 Å². The number of nitrogens with two attached hydrogens (primary N) is 1. The second-order valence-corrected chi connectivity index (χ2v) is 7.03. The van der Waals surface area contributed by atoms with Crippen LogP contribution < -0.4 is 10.6 Å². The number of pyridine rings is 1. The lowest BCUT2D eigenvalue weighted by molar-refractivity contribution is -0.117. The van der Waals surface area contributed by atoms with Gasteiger partial charge in [-0.2, -0.15) is 0 Å². The van der Waals surface area contributed by atoms with Crippen LogP contribution in [0.2, 0.25) is 0 Å². The third-order valence-corrected chi connectivity index (χ3v) is 4.41. The number of anilines is 1. The highest BCUT2D eigenvalue weighted by molar-refractivity contribution is 6.25. The Kier molecular flexibility index (Phi) is 23.3. The largest absolute Gasteiger partial charge is 0.423 e. The Morgan fingerprint density at radius 1 is 1.34 bits per heavy atom. The van der Waals surface area contributed by atoms with Gasteiger partial charge in [0.2, 0.25) is 18.2 Å². The Hall–Kier alpha value is -3.15. The van der Waals surface area contributed by atoms with E-state index >= 15 is 0 Å². The van der Waals surface area contributed by atoms with Gasteiger partial charge in [0.1, 0.15) is 5.82 Å². The maximum absolute atomic E-state index is 10.6. The van der Waals surface area contributed by atoms with E-state index < -0.39 is 0 Å². The molecular weight excluding hydrogens is 464 g/mol. The molecule has 0 bridgehead atoms. The molecule has 35 heavy (non-hydrogen) atoms. The van der Waals surface area contributed by atoms with Crippen molar-refractivity contribution in [3.8, 4) is 12.3 Å². The Bertz CT molecular complexity index is 824. The van der Waals surface area contributed by atoms with Gasteiger partial charge in [-0.15, -0.1) is 29.1 Å². The predicted octanol–water partition coefficient (Wildman–Crippen LogP) is 4.99. The van der Waals surface area contributed by atoms with Gasteiger partial charge in [-0.3, -0.25) is 4.79 Å². The van der Waals surface area contributed by atoms with Crippen molar-refractivity contribution in [2.75, 3.05) is 31.6 Å². The molecule has 0 spiro atoms. The van der Waals surface area contributed by atoms with Gasteiger partial charge in [0.05, 0.1) is 6.54 Å². The number of aromatic nitrogens is 3. The van der Waals surface area contributed by atoms with Crippen molar-refractivity contribution in [3.05, 3.63) is 60.4 Å². The SMILES string of the molecule is C#CC.C/C=C/Cl.C=CCN.CC.CN(C=O)Cc1nnc(C2CCN(c3ccccn3)CC2)o1. The van der Waals surface area contributed by atoms with Crippen LogP contribution in [-0.4, -0.2) is 53.2 Å². The summed E-state index contributed by atoms with van der Waals surface area (Å²) in [5, 5.41) is 8.14. The van der Waals surface area contributed by atoms with Gasteiger partial charge in [-0.25, -0.2) is 4.98 Å². The minimum absolute atomic E-state index is 0.280. The second kappa shape index (κ2) is 24.0. The van der Waals surface area contributed by atoms with Crippen molar-refractivity contribution >= 4 is 23.8 Å². The predicted molar refractivity (Wildman–Crippen MR) is 146 cm³/mol. The minimum atomic E-state index is 0.280. The number of rotatable bonds is 6. The molecule has 2 aromatic rings. The van der Waals surface area contributed by atoms with Gasteiger partial charge in [-0.1, -0.05) is 43.7 Å². The summed E-state index contributed by atoms with van der Waals surface area (Å²) < 4.78 is 5.68. The van der Waals surface area contributed by atoms with Crippen molar-refractivity contribution in [1.29, 1.82) is 0 Å². The summed E-state index contributed by atoms with van der Waals surface area (Å²) in [6.45, 7) is 13.7. The maximum Gasteiger partial charge on any atom is 0.235 e. The molecule has 0 aromatic carbocycles. The molecule has 3 heterocycles. The van der Waals surface area contributed by atoms with Crippen LogP contribution in [0.5, 0.6) is 0 Å². The summed E-state index contributed by atoms with van der Waals surface area (Å²) in [5.41, 5.74) is 6.38. The van der Waals surface area contributed by atoms with Crippen molar-refractivity contribution in [1.82, 2.24) is 20.1 Å². The lowest BCUT2D eigenvalue weighted by Crippen LogP contribution is -2.33. The number of hydrogen-bond acceptors (Lipinski definition) is 7. The molecule has 2 N–H and O–H groups in total. The van der Waals surface area contributed by atoms with E-state index in [-0.39, 0.29) is 5.92 Å². The molecule has 1 amide bonds. The van der Waals surface area contributed by atoms with Crippen molar-refractivity contribution in [2.24, 2.45) is 5.73 Å². The number of carbonyl (C=O) groups is 1. The summed E-state index contributed by atoms with van der Waals surface area (Å²) in [5.74, 6) is 4.70. The first kappa shape index (κ1) is 34.0. The molecule has 2 aromatic heterocycles. The first-order valence-electron chi connectivity index (χ1n) is 11.5. The van der Waals surface area contributed by atoms with Gasteiger partial charge in [0.15, 0.2) is 0 Å². The van der Waals surface area contributed by atoms with Gasteiger partial charge in [-0.05, 0) is 44.4 Å². The maximum atomic E-state index is 10.6. The summed E-state index contributed by atoms with van der Waals surface area (Å²) in [4.78, 5) is 18.7. The lowest BCUT2D eigenvalue weighted by Gasteiger charge is -2.31. The van der Waals surface area contributed by atoms with Gasteiger partial charge >= 0.3 is 0 Å². The van der Waals surface area contributed by atoms with Gasteiger partial charge < -0.3 is 20.0 Å². The van der Waals surface area contributed by atoms with Crippen LogP contribution in [0.25, 0.3) is 0 Å². The van der Waals surface area contributed by atoms with Crippen LogP contribution in [0.3, 0.4) is 0 Å². The molecule has 1 aliphatic heterocycles. The quantitative estimate of drug-likeness (QED) is 0.335. The standard InChI is InChI=1S/C15H19N5O2.C3H5Cl.C3H7N.C3H4.C2H6/c1-19(11-21)10-14-17-18-15(22-14)12-5-8-20(9-6-12)13-4-2-3-7-16-13;2*1-2-3-4;1-3-2;1-2/h2-4,7,11-12H,5-6,8-10H2,1H3;2-3H,1H3;2H,1,3-4H2;1H,2H3;1-2H3/b;3-2+;;;. The fourth-order valence-corrected chi connectivity index (χ4v) is 2.64. The fraction of sp³-hybridized carbons (Fsp3) is 0.462. The topological polar surface area (TPSA) is 101 Å². The molecule has 194 valence electrons. The van der Waals surface area contributed by atoms with E-state index in [1.54, 1.807) is 26.1 Å². The number of terminal acetylenes is 1. The van der Waals surface area contributed by atoms with Crippen LogP contribution in [0.15, 0.2) is 53.1 Å². The third kappa shape index (κ3) is 16.2. The second-order valence-electron chi connectivity index (χ2n) is 6.78. The zero-order valence-corrected chi connectivity index (χ0v) is 22.5. The van der Waals surface area contributed by atoms with Crippen molar-refractivity contribution in [2.45, 2.75) is 53.0 Å². The number of piperidine rings is 1. The molecule has 1 aliphatic rings. The Balaban J connectivity index is 0. The molecule has 9 heteroatoms. The molecular formula is C26H41ClN6O2. The summed E-state index contributed by atoms with van der Waals surface area (Å²) in [7, 11) is 1.68. The third-order valence-electron chi connectivity index (χ3n) is 4.16. The van der Waals surface area contributed by atoms with Crippen molar-refractivity contribution in [3.63, 3.8) is 0 Å². The Labute approximate surface area is 216 Å². The van der Waals surface area contributed by atoms with Gasteiger partial charge in [0.25, 0.3) is 0 Å². The zero-order chi connectivity index (χ0) is 26.9. The van der Waals surface area contributed by atoms with Crippen LogP contribution in [0.1, 0.15) is 58.2 Å². The number of hydrogen-bond donors (Lipinski definition) is 1. The number of nitrogens with zero attached hydrogens (tertiary/aromatic N) is 5. The van der Waals surface area contributed by atoms with E-state index in [0.717, 1.165) is 38.2 Å². The van der Waals surface area contributed by atoms with Crippen LogP contribution in [0.4, 0.5) is 5.82 Å². The average Bonchev–Trinajstić information content (AvgIpc) is 3.39. The molecule has 1 fully saturated rings. The molecule has 0 atom stereocenters. The van der Waals surface area contributed by atoms with E-state index in [9.17, 15) is 4.79 Å². The monoisotopic (exact) mass is 504 g/mol. The minimum Gasteiger partial charge on any atom is -0.423 e. The van der Waals surface area contributed by atoms with E-state index in [1.165, 1.54) is 10.4 Å². The van der Waals surface area contributed by atoms with E-state index in [0.29, 0.717) is 24.9 Å². The number of allylic oxidation sites excluding steroid dienone is 1. The normalized spacial score (nSPS) is 12.1. The molecule has 1 saturated heterocycles. The summed E-state index contributed by atoms with van der Waals surface area (Å²) >= 11 is 5.01. The lowest BCUT2D eigenvalue weighted by atomic mass is 9.97. The summed E-state index contributed by atoms with van der Waals surface area (Å²) in [6.07, 6.45) is 12.5. The Morgan fingerprint density at radius 2 is 1.91 bits per heavy atom. The van der Waals surface area contributed by atoms with Gasteiger partial charge in [0, 0.05) is 38.8 Å². The molecule has 0 radical (unpaired) electrons. The van der Waals surface area contributed by atoms with E-state index in [4.69, 9.17) is 21.8 Å². The number of carbonyl (C=O) groups excluding carboxylic acids is 1. The Morgan fingerprint density at radius 3 is 2.34 bits per heavy atom. The molecule has 0 aliphatic carbocycles. The number of halogens is 1. The average molecular weight is 505 g/mol. The van der Waals surface area contributed by atoms with E-state index in [1.807, 2.05) is 45.2 Å². The zero-order valence-electron chi connectivity index (χ0n) is 21.7. The van der Waals surface area contributed by atoms with Crippen LogP contribution in [-0.2, 0) is 11.3 Å². The summed E-state index contributed by atoms with van der Waals surface area (Å²) in [6, 6.07) is 5.95. The highest BCUT2D eigenvalue weighted by Crippen LogP contribution is 2.29. The van der Waals surface area contributed by atoms with Crippen molar-refractivity contribution < 1.29 is 9.21 Å². The van der Waals surface area contributed by atoms with Crippen LogP contribution in [0, 0.1) is 12.3 Å². The highest BCUT2D eigenvalue weighted by atomic mass is 35.5. The molecule has 3 rings (SSSR count). The molecule has 0 saturated carbocycles. The number of amides is 1. The van der Waals surface area contributed by atoms with Crippen LogP contribution >= 0.6 is 11.6 Å². The molecule has 8 nitrogen and oxygen atoms in total. The first-order valence-corrected chi connectivity index (χ1v) is 12.0. The fourth-order valence-electron chi connectivity index (χ4n) is 2.64. The molecule has 0 unspecified atom stereocenters.